The van der Waals surface area contributed by atoms with Crippen LogP contribution in [0.2, 0.25) is 0 Å². The maximum Gasteiger partial charge on any atom is 0.335 e. The first-order valence-corrected chi connectivity index (χ1v) is 11.8. The van der Waals surface area contributed by atoms with Gasteiger partial charge in [0.1, 0.15) is 23.3 Å². The molecule has 0 atom stereocenters. The van der Waals surface area contributed by atoms with E-state index >= 15 is 0 Å². The van der Waals surface area contributed by atoms with Crippen LogP contribution >= 0.6 is 0 Å². The van der Waals surface area contributed by atoms with Crippen LogP contribution in [0.4, 0.5) is 5.82 Å². The standard InChI is InChI=1S/C27H26N6O3/c1-2-6-23(34)31-18-9-11-20(12-10-18)33-26-24(25(28)29-17-30-26)32(27(33)35)19-13-15-22(16-14-19)36-21-7-4-3-5-8-21/h3-5,7-8,13-18,20H,9-12H2,1H3,(H,31,34)(H2,28,29,30). The number of hydrogen-bond acceptors (Lipinski definition) is 6. The van der Waals surface area contributed by atoms with Crippen molar-refractivity contribution in [1.82, 2.24) is 24.4 Å². The number of benzene rings is 2. The van der Waals surface area contributed by atoms with Crippen LogP contribution in [0.25, 0.3) is 16.9 Å². The monoisotopic (exact) mass is 482 g/mol. The minimum atomic E-state index is -0.269. The molecule has 4 aromatic rings. The summed E-state index contributed by atoms with van der Waals surface area (Å²) in [5.41, 5.74) is 7.63. The number of nitrogens with two attached hydrogens (primary N) is 1. The van der Waals surface area contributed by atoms with E-state index in [9.17, 15) is 9.59 Å². The Labute approximate surface area is 207 Å². The highest BCUT2D eigenvalue weighted by Crippen LogP contribution is 2.32. The quantitative estimate of drug-likeness (QED) is 0.420. The molecular formula is C27H26N6O3. The molecule has 9 nitrogen and oxygen atoms in total. The van der Waals surface area contributed by atoms with E-state index in [4.69, 9.17) is 10.5 Å². The van der Waals surface area contributed by atoms with E-state index in [1.807, 2.05) is 54.6 Å². The van der Waals surface area contributed by atoms with E-state index in [1.54, 1.807) is 16.1 Å². The predicted octanol–water partition coefficient (Wildman–Crippen LogP) is 3.58. The fourth-order valence-electron chi connectivity index (χ4n) is 4.74. The Balaban J connectivity index is 1.45. The van der Waals surface area contributed by atoms with Crippen LogP contribution in [0.1, 0.15) is 38.6 Å². The molecule has 0 radical (unpaired) electrons. The molecule has 2 heterocycles. The van der Waals surface area contributed by atoms with Gasteiger partial charge in [0.15, 0.2) is 11.5 Å². The lowest BCUT2D eigenvalue weighted by Gasteiger charge is -2.29. The maximum absolute atomic E-state index is 13.7. The summed E-state index contributed by atoms with van der Waals surface area (Å²) in [6.45, 7) is 1.63. The van der Waals surface area contributed by atoms with Gasteiger partial charge in [0.25, 0.3) is 5.91 Å². The molecule has 2 aromatic heterocycles. The molecule has 36 heavy (non-hydrogen) atoms. The normalized spacial score (nSPS) is 17.2. The van der Waals surface area contributed by atoms with Gasteiger partial charge in [-0.2, -0.15) is 0 Å². The number of imidazole rings is 1. The summed E-state index contributed by atoms with van der Waals surface area (Å²) in [7, 11) is 0. The van der Waals surface area contributed by atoms with Crippen molar-refractivity contribution in [2.45, 2.75) is 44.7 Å². The SMILES string of the molecule is CC#CC(=O)NC1CCC(n2c(=O)n(-c3ccc(Oc4ccccc4)cc3)c3c(N)ncnc32)CC1. The molecular weight excluding hydrogens is 456 g/mol. The van der Waals surface area contributed by atoms with Gasteiger partial charge in [-0.15, -0.1) is 0 Å². The Kier molecular flexibility index (Phi) is 6.41. The van der Waals surface area contributed by atoms with Gasteiger partial charge in [-0.3, -0.25) is 13.9 Å². The molecule has 0 saturated heterocycles. The van der Waals surface area contributed by atoms with Crippen LogP contribution in [0.5, 0.6) is 11.5 Å². The number of carbonyl (C=O) groups excluding carboxylic acids is 1. The third kappa shape index (κ3) is 4.53. The van der Waals surface area contributed by atoms with Crippen molar-refractivity contribution in [2.75, 3.05) is 5.73 Å². The Hall–Kier alpha value is -4.58. The molecule has 0 unspecified atom stereocenters. The average Bonchev–Trinajstić information content (AvgIpc) is 3.19. The van der Waals surface area contributed by atoms with Crippen LogP contribution in [0, 0.1) is 11.8 Å². The zero-order valence-electron chi connectivity index (χ0n) is 19.8. The van der Waals surface area contributed by atoms with Gasteiger partial charge in [-0.05, 0) is 74.9 Å². The van der Waals surface area contributed by atoms with Gasteiger partial charge in [-0.25, -0.2) is 14.8 Å². The first-order valence-electron chi connectivity index (χ1n) is 11.8. The lowest BCUT2D eigenvalue weighted by Crippen LogP contribution is -2.38. The molecule has 1 amide bonds. The van der Waals surface area contributed by atoms with Crippen LogP contribution in [-0.2, 0) is 4.79 Å². The molecule has 182 valence electrons. The van der Waals surface area contributed by atoms with Crippen molar-refractivity contribution in [3.63, 3.8) is 0 Å². The molecule has 0 spiro atoms. The summed E-state index contributed by atoms with van der Waals surface area (Å²) in [5, 5.41) is 2.94. The van der Waals surface area contributed by atoms with Crippen LogP contribution in [-0.4, -0.2) is 31.1 Å². The van der Waals surface area contributed by atoms with Crippen molar-refractivity contribution in [3.05, 3.63) is 71.4 Å². The van der Waals surface area contributed by atoms with Gasteiger partial charge in [0, 0.05) is 12.1 Å². The fraction of sp³-hybridized carbons (Fsp3) is 0.259. The van der Waals surface area contributed by atoms with Crippen LogP contribution in [0.15, 0.2) is 65.7 Å². The third-order valence-corrected chi connectivity index (χ3v) is 6.39. The highest BCUT2D eigenvalue weighted by atomic mass is 16.5. The molecule has 1 aliphatic rings. The summed E-state index contributed by atoms with van der Waals surface area (Å²) in [5.74, 6) is 6.48. The zero-order valence-corrected chi connectivity index (χ0v) is 19.8. The average molecular weight is 483 g/mol. The second kappa shape index (κ2) is 9.96. The van der Waals surface area contributed by atoms with Gasteiger partial charge in [0.2, 0.25) is 0 Å². The van der Waals surface area contributed by atoms with E-state index in [0.717, 1.165) is 31.4 Å². The predicted molar refractivity (Wildman–Crippen MR) is 137 cm³/mol. The van der Waals surface area contributed by atoms with Crippen molar-refractivity contribution in [2.24, 2.45) is 0 Å². The molecule has 9 heteroatoms. The molecule has 0 aliphatic heterocycles. The van der Waals surface area contributed by atoms with Crippen LogP contribution in [0.3, 0.4) is 0 Å². The second-order valence-corrected chi connectivity index (χ2v) is 8.68. The largest absolute Gasteiger partial charge is 0.457 e. The number of ether oxygens (including phenoxy) is 1. The van der Waals surface area contributed by atoms with E-state index in [-0.39, 0.29) is 29.5 Å². The van der Waals surface area contributed by atoms with Gasteiger partial charge >= 0.3 is 5.69 Å². The lowest BCUT2D eigenvalue weighted by molar-refractivity contribution is -0.116. The summed E-state index contributed by atoms with van der Waals surface area (Å²) in [6.07, 6.45) is 4.30. The summed E-state index contributed by atoms with van der Waals surface area (Å²) < 4.78 is 9.15. The fourth-order valence-corrected chi connectivity index (χ4v) is 4.74. The minimum Gasteiger partial charge on any atom is -0.457 e. The number of nitrogen functional groups attached to an aromatic ring is 1. The van der Waals surface area contributed by atoms with Gasteiger partial charge in [-0.1, -0.05) is 24.1 Å². The van der Waals surface area contributed by atoms with Gasteiger partial charge in [0.05, 0.1) is 5.69 Å². The Bertz CT molecular complexity index is 1500. The Morgan fingerprint density at radius 1 is 1.03 bits per heavy atom. The zero-order chi connectivity index (χ0) is 25.1. The molecule has 1 fully saturated rings. The molecule has 3 N–H and O–H groups in total. The second-order valence-electron chi connectivity index (χ2n) is 8.68. The Morgan fingerprint density at radius 2 is 1.72 bits per heavy atom. The summed E-state index contributed by atoms with van der Waals surface area (Å²) >= 11 is 0. The van der Waals surface area contributed by atoms with E-state index in [0.29, 0.717) is 22.6 Å². The van der Waals surface area contributed by atoms with Crippen molar-refractivity contribution in [3.8, 4) is 29.0 Å². The number of amides is 1. The minimum absolute atomic E-state index is 0.0375. The van der Waals surface area contributed by atoms with E-state index in [1.165, 1.54) is 6.33 Å². The number of aromatic nitrogens is 4. The first kappa shape index (κ1) is 23.2. The number of nitrogens with one attached hydrogen (secondary N) is 1. The Morgan fingerprint density at radius 3 is 2.42 bits per heavy atom. The van der Waals surface area contributed by atoms with E-state index < -0.39 is 0 Å². The van der Waals surface area contributed by atoms with Gasteiger partial charge < -0.3 is 15.8 Å². The number of para-hydroxylation sites is 1. The molecule has 2 aromatic carbocycles. The van der Waals surface area contributed by atoms with Crippen molar-refractivity contribution >= 4 is 22.9 Å². The number of carbonyl (C=O) groups is 1. The molecule has 5 rings (SSSR count). The number of rotatable bonds is 5. The van der Waals surface area contributed by atoms with Crippen molar-refractivity contribution in [1.29, 1.82) is 0 Å². The molecule has 1 aliphatic carbocycles. The summed E-state index contributed by atoms with van der Waals surface area (Å²) in [6, 6.07) is 16.7. The third-order valence-electron chi connectivity index (χ3n) is 6.39. The maximum atomic E-state index is 13.7. The number of fused-ring (bicyclic) bond motifs is 1. The number of anilines is 1. The van der Waals surface area contributed by atoms with Crippen molar-refractivity contribution < 1.29 is 9.53 Å². The summed E-state index contributed by atoms with van der Waals surface area (Å²) in [4.78, 5) is 34.1. The number of nitrogens with zero attached hydrogens (tertiary/aromatic N) is 4. The molecule has 1 saturated carbocycles. The van der Waals surface area contributed by atoms with Crippen LogP contribution < -0.4 is 21.5 Å². The topological polar surface area (TPSA) is 117 Å². The van der Waals surface area contributed by atoms with E-state index in [2.05, 4.69) is 27.1 Å². The smallest absolute Gasteiger partial charge is 0.335 e. The molecule has 0 bridgehead atoms. The number of hydrogen-bond donors (Lipinski definition) is 2. The first-order chi connectivity index (χ1) is 17.5. The lowest BCUT2D eigenvalue weighted by atomic mass is 9.91. The highest BCUT2D eigenvalue weighted by molar-refractivity contribution is 5.93. The highest BCUT2D eigenvalue weighted by Gasteiger charge is 2.28.